The number of benzene rings is 3. The van der Waals surface area contributed by atoms with Crippen LogP contribution in [0.4, 0.5) is 0 Å². The number of ether oxygens (including phenoxy) is 2. The van der Waals surface area contributed by atoms with Gasteiger partial charge in [-0.15, -0.1) is 0 Å². The summed E-state index contributed by atoms with van der Waals surface area (Å²) in [6, 6.07) is 27.9. The Morgan fingerprint density at radius 1 is 0.824 bits per heavy atom. The molecule has 0 bridgehead atoms. The molecule has 0 radical (unpaired) electrons. The molecule has 0 amide bonds. The van der Waals surface area contributed by atoms with Gasteiger partial charge in [-0.25, -0.2) is 0 Å². The van der Waals surface area contributed by atoms with E-state index < -0.39 is 20.5 Å². The lowest BCUT2D eigenvalue weighted by Gasteiger charge is -2.43. The molecule has 0 saturated heterocycles. The molecule has 3 aromatic carbocycles. The summed E-state index contributed by atoms with van der Waals surface area (Å²) in [5.74, 6) is 0.797. The van der Waals surface area contributed by atoms with Crippen molar-refractivity contribution >= 4 is 18.7 Å². The Morgan fingerprint density at radius 3 is 1.82 bits per heavy atom. The maximum absolute atomic E-state index is 10.7. The van der Waals surface area contributed by atoms with Crippen LogP contribution in [0.2, 0.25) is 5.04 Å². The summed E-state index contributed by atoms with van der Waals surface area (Å²) in [4.78, 5) is 0. The van der Waals surface area contributed by atoms with Crippen molar-refractivity contribution in [3.8, 4) is 5.75 Å². The van der Waals surface area contributed by atoms with Gasteiger partial charge in [-0.2, -0.15) is 0 Å². The predicted octanol–water partition coefficient (Wildman–Crippen LogP) is 3.48. The first-order valence-electron chi connectivity index (χ1n) is 11.7. The standard InChI is InChI=1S/C28H37NO4Si/c1-28(2,3)34(24-11-7-5-8-12-24,25-13-9-6-10-14-25)33-20-26(29)27(30)21-32-19-22-15-17-23(31-4)18-16-22/h5-18,26-27,30H,19-21,29H2,1-4H3/t26-,27-/m0/s1. The van der Waals surface area contributed by atoms with Gasteiger partial charge < -0.3 is 24.7 Å². The molecule has 6 heteroatoms. The fourth-order valence-electron chi connectivity index (χ4n) is 4.24. The van der Waals surface area contributed by atoms with E-state index in [1.165, 1.54) is 10.4 Å². The molecular formula is C28H37NO4Si. The van der Waals surface area contributed by atoms with Crippen LogP contribution in [-0.2, 0) is 15.8 Å². The van der Waals surface area contributed by atoms with E-state index in [0.29, 0.717) is 6.61 Å². The van der Waals surface area contributed by atoms with Gasteiger partial charge in [0, 0.05) is 0 Å². The first kappa shape index (κ1) is 26.1. The number of rotatable bonds is 11. The summed E-state index contributed by atoms with van der Waals surface area (Å²) in [6.07, 6.45) is -0.837. The quantitative estimate of drug-likeness (QED) is 0.412. The lowest BCUT2D eigenvalue weighted by molar-refractivity contribution is 0.00744. The first-order chi connectivity index (χ1) is 16.3. The maximum atomic E-state index is 10.7. The molecule has 0 saturated carbocycles. The molecular weight excluding hydrogens is 442 g/mol. The number of aliphatic hydroxyl groups excluding tert-OH is 1. The number of aliphatic hydroxyl groups is 1. The van der Waals surface area contributed by atoms with E-state index >= 15 is 0 Å². The first-order valence-corrected chi connectivity index (χ1v) is 13.6. The van der Waals surface area contributed by atoms with Crippen molar-refractivity contribution in [2.45, 2.75) is 44.6 Å². The zero-order chi connectivity index (χ0) is 24.6. The molecule has 0 fully saturated rings. The van der Waals surface area contributed by atoms with Gasteiger partial charge in [0.2, 0.25) is 0 Å². The summed E-state index contributed by atoms with van der Waals surface area (Å²) >= 11 is 0. The van der Waals surface area contributed by atoms with Crippen molar-refractivity contribution in [3.05, 3.63) is 90.5 Å². The smallest absolute Gasteiger partial charge is 0.261 e. The third-order valence-corrected chi connectivity index (χ3v) is 11.1. The van der Waals surface area contributed by atoms with E-state index in [9.17, 15) is 5.11 Å². The molecule has 34 heavy (non-hydrogen) atoms. The highest BCUT2D eigenvalue weighted by Crippen LogP contribution is 2.36. The molecule has 0 aliphatic carbocycles. The molecule has 0 aromatic heterocycles. The van der Waals surface area contributed by atoms with Crippen LogP contribution in [0.25, 0.3) is 0 Å². The van der Waals surface area contributed by atoms with E-state index in [1.54, 1.807) is 7.11 Å². The van der Waals surface area contributed by atoms with Crippen molar-refractivity contribution in [3.63, 3.8) is 0 Å². The highest BCUT2D eigenvalue weighted by molar-refractivity contribution is 6.99. The third kappa shape index (κ3) is 6.14. The minimum absolute atomic E-state index is 0.136. The number of nitrogens with two attached hydrogens (primary N) is 1. The van der Waals surface area contributed by atoms with Crippen LogP contribution in [0.5, 0.6) is 5.75 Å². The van der Waals surface area contributed by atoms with Gasteiger partial charge in [0.15, 0.2) is 0 Å². The Hall–Kier alpha value is -2.48. The maximum Gasteiger partial charge on any atom is 0.261 e. The van der Waals surface area contributed by atoms with E-state index in [4.69, 9.17) is 19.6 Å². The number of hydrogen-bond donors (Lipinski definition) is 2. The largest absolute Gasteiger partial charge is 0.497 e. The second-order valence-electron chi connectivity index (χ2n) is 9.57. The lowest BCUT2D eigenvalue weighted by atomic mass is 10.2. The second kappa shape index (κ2) is 11.8. The summed E-state index contributed by atoms with van der Waals surface area (Å²) in [5, 5.41) is 12.9. The van der Waals surface area contributed by atoms with Gasteiger partial charge in [-0.3, -0.25) is 0 Å². The van der Waals surface area contributed by atoms with E-state index in [1.807, 2.05) is 36.4 Å². The highest BCUT2D eigenvalue weighted by atomic mass is 28.4. The molecule has 0 aliphatic rings. The molecule has 5 nitrogen and oxygen atoms in total. The van der Waals surface area contributed by atoms with Gasteiger partial charge >= 0.3 is 0 Å². The summed E-state index contributed by atoms with van der Waals surface area (Å²) in [5.41, 5.74) is 7.40. The third-order valence-electron chi connectivity index (χ3n) is 6.12. The predicted molar refractivity (Wildman–Crippen MR) is 140 cm³/mol. The minimum atomic E-state index is -2.69. The van der Waals surface area contributed by atoms with Gasteiger partial charge in [0.05, 0.1) is 39.1 Å². The number of methoxy groups -OCH3 is 1. The fraction of sp³-hybridized carbons (Fsp3) is 0.357. The van der Waals surface area contributed by atoms with Crippen molar-refractivity contribution < 1.29 is 19.0 Å². The SMILES string of the molecule is COc1ccc(COC[C@H](O)[C@@H](N)CO[Si](c2ccccc2)(c2ccccc2)C(C)(C)C)cc1. The normalized spacial score (nSPS) is 13.9. The van der Waals surface area contributed by atoms with Gasteiger partial charge in [0.25, 0.3) is 8.32 Å². The number of hydrogen-bond acceptors (Lipinski definition) is 5. The Kier molecular flexibility index (Phi) is 9.05. The molecule has 182 valence electrons. The van der Waals surface area contributed by atoms with Gasteiger partial charge in [-0.05, 0) is 33.1 Å². The van der Waals surface area contributed by atoms with Crippen LogP contribution in [0.15, 0.2) is 84.9 Å². The average molecular weight is 480 g/mol. The van der Waals surface area contributed by atoms with Crippen LogP contribution in [0, 0.1) is 0 Å². The Labute approximate surface area is 204 Å². The van der Waals surface area contributed by atoms with Gasteiger partial charge in [0.1, 0.15) is 5.75 Å². The summed E-state index contributed by atoms with van der Waals surface area (Å²) in [6.45, 7) is 7.43. The lowest BCUT2D eigenvalue weighted by Crippen LogP contribution is -2.67. The molecule has 3 rings (SSSR count). The molecule has 0 aliphatic heterocycles. The Bertz CT molecular complexity index is 951. The molecule has 0 unspecified atom stereocenters. The zero-order valence-electron chi connectivity index (χ0n) is 20.6. The fourth-order valence-corrected chi connectivity index (χ4v) is 8.83. The second-order valence-corrected chi connectivity index (χ2v) is 13.9. The molecule has 2 atom stereocenters. The Morgan fingerprint density at radius 2 is 1.35 bits per heavy atom. The molecule has 0 spiro atoms. The Balaban J connectivity index is 1.70. The monoisotopic (exact) mass is 479 g/mol. The van der Waals surface area contributed by atoms with Crippen molar-refractivity contribution in [1.29, 1.82) is 0 Å². The van der Waals surface area contributed by atoms with E-state index in [0.717, 1.165) is 11.3 Å². The van der Waals surface area contributed by atoms with Crippen LogP contribution in [0.3, 0.4) is 0 Å². The molecule has 0 heterocycles. The van der Waals surface area contributed by atoms with Crippen LogP contribution >= 0.6 is 0 Å². The van der Waals surface area contributed by atoms with Crippen LogP contribution in [0.1, 0.15) is 26.3 Å². The highest BCUT2D eigenvalue weighted by Gasteiger charge is 2.50. The minimum Gasteiger partial charge on any atom is -0.497 e. The average Bonchev–Trinajstić information content (AvgIpc) is 2.85. The van der Waals surface area contributed by atoms with Crippen LogP contribution < -0.4 is 20.8 Å². The summed E-state index contributed by atoms with van der Waals surface area (Å²) < 4.78 is 17.7. The molecule has 3 N–H and O–H groups in total. The zero-order valence-corrected chi connectivity index (χ0v) is 21.6. The summed E-state index contributed by atoms with van der Waals surface area (Å²) in [7, 11) is -1.06. The molecule has 3 aromatic rings. The van der Waals surface area contributed by atoms with E-state index in [-0.39, 0.29) is 18.3 Å². The van der Waals surface area contributed by atoms with E-state index in [2.05, 4.69) is 69.3 Å². The van der Waals surface area contributed by atoms with Crippen LogP contribution in [-0.4, -0.2) is 45.9 Å². The van der Waals surface area contributed by atoms with Crippen molar-refractivity contribution in [2.75, 3.05) is 20.3 Å². The van der Waals surface area contributed by atoms with Crippen molar-refractivity contribution in [2.24, 2.45) is 5.73 Å². The topological polar surface area (TPSA) is 73.9 Å². The van der Waals surface area contributed by atoms with Gasteiger partial charge in [-0.1, -0.05) is 93.6 Å². The van der Waals surface area contributed by atoms with Crippen molar-refractivity contribution in [1.82, 2.24) is 0 Å².